The number of rotatable bonds is 13. The van der Waals surface area contributed by atoms with E-state index in [0.29, 0.717) is 25.7 Å². The summed E-state index contributed by atoms with van der Waals surface area (Å²) in [7, 11) is 0. The Bertz CT molecular complexity index is 816. The summed E-state index contributed by atoms with van der Waals surface area (Å²) in [4.78, 5) is 46.6. The molecule has 0 fully saturated rings. The predicted octanol–water partition coefficient (Wildman–Crippen LogP) is 6.66. The average molecular weight is 471 g/mol. The van der Waals surface area contributed by atoms with Crippen LogP contribution in [0, 0.1) is 0 Å². The molecule has 0 saturated carbocycles. The summed E-state index contributed by atoms with van der Waals surface area (Å²) in [5.74, 6) is -1.60. The minimum atomic E-state index is -0.745. The molecule has 2 aromatic carbocycles. The lowest BCUT2D eigenvalue weighted by molar-refractivity contribution is -0.341. The van der Waals surface area contributed by atoms with Crippen LogP contribution in [0.1, 0.15) is 90.2 Å². The third-order valence-corrected chi connectivity index (χ3v) is 5.82. The van der Waals surface area contributed by atoms with Gasteiger partial charge in [0.2, 0.25) is 0 Å². The van der Waals surface area contributed by atoms with Crippen molar-refractivity contribution in [3.8, 4) is 0 Å². The maximum absolute atomic E-state index is 12.6. The second-order valence-electron chi connectivity index (χ2n) is 9.73. The molecule has 0 aromatic heterocycles. The SMILES string of the molecule is CCC(C(=O)OOC(C)(C)CCC(C)(C)OOC(=O)C(CC)c1ccccc1)c1ccccc1. The molecule has 2 rings (SSSR count). The van der Waals surface area contributed by atoms with Crippen molar-refractivity contribution in [3.63, 3.8) is 0 Å². The van der Waals surface area contributed by atoms with Gasteiger partial charge in [0.25, 0.3) is 0 Å². The predicted molar refractivity (Wildman–Crippen MR) is 131 cm³/mol. The van der Waals surface area contributed by atoms with Gasteiger partial charge in [0.05, 0.1) is 11.8 Å². The lowest BCUT2D eigenvalue weighted by Gasteiger charge is -2.29. The van der Waals surface area contributed by atoms with Crippen molar-refractivity contribution in [2.45, 2.75) is 90.3 Å². The minimum Gasteiger partial charge on any atom is -0.297 e. The number of carbonyl (C=O) groups is 2. The highest BCUT2D eigenvalue weighted by Crippen LogP contribution is 2.28. The Balaban J connectivity index is 1.84. The van der Waals surface area contributed by atoms with Gasteiger partial charge < -0.3 is 0 Å². The molecule has 0 bridgehead atoms. The van der Waals surface area contributed by atoms with E-state index >= 15 is 0 Å². The molecule has 0 heterocycles. The smallest absolute Gasteiger partial charge is 0.297 e. The number of hydrogen-bond acceptors (Lipinski definition) is 6. The second-order valence-corrected chi connectivity index (χ2v) is 9.73. The molecule has 0 amide bonds. The molecule has 6 nitrogen and oxygen atoms in total. The first-order valence-electron chi connectivity index (χ1n) is 12.0. The summed E-state index contributed by atoms with van der Waals surface area (Å²) in [6, 6.07) is 19.0. The average Bonchev–Trinajstić information content (AvgIpc) is 2.83. The van der Waals surface area contributed by atoms with Gasteiger partial charge in [-0.1, -0.05) is 74.5 Å². The molecule has 0 spiro atoms. The van der Waals surface area contributed by atoms with Crippen LogP contribution in [0.25, 0.3) is 0 Å². The molecule has 0 saturated heterocycles. The second kappa shape index (κ2) is 12.7. The first-order chi connectivity index (χ1) is 16.1. The van der Waals surface area contributed by atoms with Crippen molar-refractivity contribution >= 4 is 11.9 Å². The third-order valence-electron chi connectivity index (χ3n) is 5.82. The van der Waals surface area contributed by atoms with Gasteiger partial charge in [-0.05, 0) is 64.5 Å². The van der Waals surface area contributed by atoms with Crippen LogP contribution in [-0.2, 0) is 29.1 Å². The standard InChI is InChI=1S/C28H38O6/c1-7-23(21-15-11-9-12-16-21)25(29)31-33-27(3,4)19-20-28(5,6)34-32-26(30)24(8-2)22-17-13-10-14-18-22/h9-18,23-24H,7-8,19-20H2,1-6H3. The molecule has 186 valence electrons. The van der Waals surface area contributed by atoms with Gasteiger partial charge >= 0.3 is 11.9 Å². The van der Waals surface area contributed by atoms with E-state index in [2.05, 4.69) is 0 Å². The summed E-state index contributed by atoms with van der Waals surface area (Å²) in [5, 5.41) is 0. The minimum absolute atomic E-state index is 0.382. The van der Waals surface area contributed by atoms with Gasteiger partial charge in [-0.25, -0.2) is 9.59 Å². The van der Waals surface area contributed by atoms with Crippen LogP contribution < -0.4 is 0 Å². The zero-order valence-corrected chi connectivity index (χ0v) is 21.2. The van der Waals surface area contributed by atoms with Crippen LogP contribution in [0.15, 0.2) is 60.7 Å². The molecule has 6 heteroatoms. The molecule has 2 unspecified atom stereocenters. The largest absolute Gasteiger partial charge is 0.349 e. The third kappa shape index (κ3) is 8.58. The highest BCUT2D eigenvalue weighted by atomic mass is 17.2. The van der Waals surface area contributed by atoms with Crippen LogP contribution in [0.5, 0.6) is 0 Å². The highest BCUT2D eigenvalue weighted by molar-refractivity contribution is 5.78. The van der Waals surface area contributed by atoms with Gasteiger partial charge in [0, 0.05) is 0 Å². The van der Waals surface area contributed by atoms with Crippen molar-refractivity contribution in [1.82, 2.24) is 0 Å². The van der Waals surface area contributed by atoms with E-state index in [9.17, 15) is 9.59 Å². The lowest BCUT2D eigenvalue weighted by Crippen LogP contribution is -2.33. The summed E-state index contributed by atoms with van der Waals surface area (Å²) >= 11 is 0. The Morgan fingerprint density at radius 3 is 1.26 bits per heavy atom. The van der Waals surface area contributed by atoms with E-state index in [1.165, 1.54) is 0 Å². The fraction of sp³-hybridized carbons (Fsp3) is 0.500. The van der Waals surface area contributed by atoms with E-state index in [0.717, 1.165) is 11.1 Å². The molecular weight excluding hydrogens is 432 g/mol. The quantitative estimate of drug-likeness (QED) is 0.241. The number of hydrogen-bond donors (Lipinski definition) is 0. The van der Waals surface area contributed by atoms with Gasteiger partial charge in [-0.2, -0.15) is 9.78 Å². The summed E-state index contributed by atoms with van der Waals surface area (Å²) in [5.41, 5.74) is 0.304. The Hall–Kier alpha value is -2.70. The van der Waals surface area contributed by atoms with E-state index in [1.807, 2.05) is 102 Å². The fourth-order valence-electron chi connectivity index (χ4n) is 3.56. The molecule has 2 aromatic rings. The number of benzene rings is 2. The van der Waals surface area contributed by atoms with Gasteiger partial charge in [0.15, 0.2) is 0 Å². The Kier molecular flexibility index (Phi) is 10.3. The Labute approximate surface area is 203 Å². The summed E-state index contributed by atoms with van der Waals surface area (Å²) in [6.07, 6.45) is 2.26. The molecule has 0 aliphatic heterocycles. The van der Waals surface area contributed by atoms with Crippen molar-refractivity contribution in [3.05, 3.63) is 71.8 Å². The Morgan fingerprint density at radius 2 is 0.971 bits per heavy atom. The van der Waals surface area contributed by atoms with E-state index < -0.39 is 23.1 Å². The molecule has 0 aliphatic carbocycles. The van der Waals surface area contributed by atoms with Crippen LogP contribution >= 0.6 is 0 Å². The van der Waals surface area contributed by atoms with Crippen LogP contribution in [0.3, 0.4) is 0 Å². The normalized spacial score (nSPS) is 13.7. The summed E-state index contributed by atoms with van der Waals surface area (Å²) < 4.78 is 0. The van der Waals surface area contributed by atoms with Crippen molar-refractivity contribution < 1.29 is 29.1 Å². The molecule has 2 atom stereocenters. The van der Waals surface area contributed by atoms with Crippen molar-refractivity contribution in [1.29, 1.82) is 0 Å². The summed E-state index contributed by atoms with van der Waals surface area (Å²) in [6.45, 7) is 11.2. The van der Waals surface area contributed by atoms with Gasteiger partial charge in [-0.3, -0.25) is 9.78 Å². The Morgan fingerprint density at radius 1 is 0.647 bits per heavy atom. The maximum atomic E-state index is 12.6. The van der Waals surface area contributed by atoms with E-state index in [-0.39, 0.29) is 11.8 Å². The zero-order chi connectivity index (χ0) is 25.2. The first kappa shape index (κ1) is 27.5. The van der Waals surface area contributed by atoms with Crippen molar-refractivity contribution in [2.75, 3.05) is 0 Å². The number of carbonyl (C=O) groups excluding carboxylic acids is 2. The van der Waals surface area contributed by atoms with Crippen LogP contribution in [0.4, 0.5) is 0 Å². The lowest BCUT2D eigenvalue weighted by atomic mass is 9.94. The topological polar surface area (TPSA) is 71.1 Å². The maximum Gasteiger partial charge on any atom is 0.349 e. The van der Waals surface area contributed by atoms with E-state index in [4.69, 9.17) is 19.6 Å². The van der Waals surface area contributed by atoms with E-state index in [1.54, 1.807) is 0 Å². The van der Waals surface area contributed by atoms with Crippen LogP contribution in [0.2, 0.25) is 0 Å². The van der Waals surface area contributed by atoms with Gasteiger partial charge in [0.1, 0.15) is 11.2 Å². The molecule has 34 heavy (non-hydrogen) atoms. The monoisotopic (exact) mass is 470 g/mol. The van der Waals surface area contributed by atoms with Crippen molar-refractivity contribution in [2.24, 2.45) is 0 Å². The molecule has 0 N–H and O–H groups in total. The molecule has 0 radical (unpaired) electrons. The highest BCUT2D eigenvalue weighted by Gasteiger charge is 2.32. The van der Waals surface area contributed by atoms with Gasteiger partial charge in [-0.15, -0.1) is 0 Å². The zero-order valence-electron chi connectivity index (χ0n) is 21.2. The fourth-order valence-corrected chi connectivity index (χ4v) is 3.56. The molecule has 0 aliphatic rings. The molecular formula is C28H38O6. The van der Waals surface area contributed by atoms with Crippen LogP contribution in [-0.4, -0.2) is 23.1 Å². The first-order valence-corrected chi connectivity index (χ1v) is 12.0.